The molecule has 0 bridgehead atoms. The van der Waals surface area contributed by atoms with E-state index in [1.807, 2.05) is 72.8 Å². The molecular formula is C124H84N8. The monoisotopic (exact) mass is 1680 g/mol. The number of para-hydroxylation sites is 4. The van der Waals surface area contributed by atoms with Crippen LogP contribution in [0.5, 0.6) is 0 Å². The molecule has 0 N–H and O–H groups in total. The summed E-state index contributed by atoms with van der Waals surface area (Å²) in [4.78, 5) is 4.55. The molecule has 26 rings (SSSR count). The number of fused-ring (bicyclic) bond motifs is 24. The average molecular weight is 1690 g/mol. The minimum Gasteiger partial charge on any atom is -0.318 e. The fourth-order valence-electron chi connectivity index (χ4n) is 23.9. The van der Waals surface area contributed by atoms with Gasteiger partial charge in [-0.3, -0.25) is 0 Å². The van der Waals surface area contributed by atoms with Gasteiger partial charge in [-0.2, -0.15) is 15.8 Å². The number of benzene rings is 18. The highest BCUT2D eigenvalue weighted by molar-refractivity contribution is 6.20. The molecule has 4 heterocycles. The van der Waals surface area contributed by atoms with E-state index in [0.29, 0.717) is 39.3 Å². The van der Waals surface area contributed by atoms with Crippen LogP contribution in [0.2, 0.25) is 0 Å². The Bertz CT molecular complexity index is 8560. The van der Waals surface area contributed by atoms with Gasteiger partial charge in [-0.05, 0) is 184 Å². The molecule has 0 amide bonds. The van der Waals surface area contributed by atoms with Crippen molar-refractivity contribution < 1.29 is 0 Å². The van der Waals surface area contributed by atoms with Crippen LogP contribution >= 0.6 is 0 Å². The zero-order valence-corrected chi connectivity index (χ0v) is 74.2. The standard InChI is InChI=1S/2C62H42N4/c1-61(2)48-28-16-12-24-39(48)43-32-45-41-26-14-18-30-52(41)65(54(45)34-50(43)61)59-47(36-63)56(37-20-8-6-9-21-37)58(64-5)60(57(59)38-22-10-7-11-23-38)66-53-31-19-15-27-42(53)46-33-44-40-25-13-17-29-49(40)62(3,4)51(44)35-55(46)66;1-61(2)49-27-15-11-23-39(49)43-31-45-41-25-13-17-29-53(41)65(55(45)33-51(43)61)59-47(35-63)58(38-21-9-6-10-22-38)60(48(36-64)57(59)37-19-7-5-8-20-37)66-54-30-18-14-26-42(54)46-32-44-40-24-12-16-28-50(40)62(3,4)52(44)34-56(46)66/h6-35H,1-4H3;5-34H,1-4H3. The van der Waals surface area contributed by atoms with Crippen LogP contribution in [0, 0.1) is 40.6 Å². The molecule has 132 heavy (non-hydrogen) atoms. The summed E-state index contributed by atoms with van der Waals surface area (Å²) in [7, 11) is 0. The third-order valence-electron chi connectivity index (χ3n) is 30.0. The van der Waals surface area contributed by atoms with Crippen molar-refractivity contribution in [2.45, 2.75) is 77.0 Å². The molecular weight excluding hydrogens is 1600 g/mol. The van der Waals surface area contributed by atoms with E-state index in [2.05, 4.69) is 388 Å². The Balaban J connectivity index is 0.000000142. The molecule has 0 fully saturated rings. The van der Waals surface area contributed by atoms with Gasteiger partial charge in [0.2, 0.25) is 5.69 Å². The molecule has 0 spiro atoms. The number of hydrogen-bond acceptors (Lipinski definition) is 3. The second-order valence-electron chi connectivity index (χ2n) is 38.0. The van der Waals surface area contributed by atoms with Gasteiger partial charge in [-0.15, -0.1) is 0 Å². The Hall–Kier alpha value is -16.9. The van der Waals surface area contributed by atoms with E-state index in [1.54, 1.807) is 0 Å². The highest BCUT2D eigenvalue weighted by atomic mass is 15.1. The van der Waals surface area contributed by atoms with Crippen LogP contribution in [-0.2, 0) is 21.7 Å². The predicted molar refractivity (Wildman–Crippen MR) is 543 cm³/mol. The largest absolute Gasteiger partial charge is 0.318 e. The molecule has 18 aromatic carbocycles. The molecule has 0 aliphatic heterocycles. The highest BCUT2D eigenvalue weighted by Gasteiger charge is 2.44. The third kappa shape index (κ3) is 10.6. The van der Waals surface area contributed by atoms with Gasteiger partial charge in [0.05, 0.1) is 90.1 Å². The molecule has 4 aromatic heterocycles. The maximum absolute atomic E-state index is 12.1. The quantitative estimate of drug-likeness (QED) is 0.142. The van der Waals surface area contributed by atoms with Gasteiger partial charge in [-0.1, -0.05) is 347 Å². The summed E-state index contributed by atoms with van der Waals surface area (Å²) in [5.41, 5.74) is 38.3. The number of aromatic nitrogens is 4. The van der Waals surface area contributed by atoms with Gasteiger partial charge >= 0.3 is 0 Å². The summed E-state index contributed by atoms with van der Waals surface area (Å²) in [5.74, 6) is 0. The fraction of sp³-hybridized carbons (Fsp3) is 0.0968. The first-order valence-electron chi connectivity index (χ1n) is 45.4. The smallest absolute Gasteiger partial charge is 0.220 e. The van der Waals surface area contributed by atoms with Crippen molar-refractivity contribution in [2.75, 3.05) is 0 Å². The summed E-state index contributed by atoms with van der Waals surface area (Å²) >= 11 is 0. The first-order chi connectivity index (χ1) is 64.4. The molecule has 0 saturated heterocycles. The van der Waals surface area contributed by atoms with Crippen LogP contribution in [0.15, 0.2) is 364 Å². The number of nitrogens with zero attached hydrogens (tertiary/aromatic N) is 8. The van der Waals surface area contributed by atoms with Gasteiger partial charge in [0.25, 0.3) is 0 Å². The second-order valence-corrected chi connectivity index (χ2v) is 38.0. The van der Waals surface area contributed by atoms with E-state index < -0.39 is 0 Å². The lowest BCUT2D eigenvalue weighted by molar-refractivity contribution is 0.661. The highest BCUT2D eigenvalue weighted by Crippen LogP contribution is 2.60. The molecule has 4 aliphatic carbocycles. The maximum atomic E-state index is 12.1. The van der Waals surface area contributed by atoms with Crippen molar-refractivity contribution >= 4 is 92.9 Å². The average Bonchev–Trinajstić information content (AvgIpc) is 1.50. The third-order valence-corrected chi connectivity index (χ3v) is 30.0. The molecule has 4 aliphatic rings. The van der Waals surface area contributed by atoms with Crippen molar-refractivity contribution in [2.24, 2.45) is 0 Å². The Kier molecular flexibility index (Phi) is 16.6. The molecule has 8 nitrogen and oxygen atoms in total. The van der Waals surface area contributed by atoms with E-state index in [0.717, 1.165) is 138 Å². The first kappa shape index (κ1) is 77.5. The van der Waals surface area contributed by atoms with E-state index in [-0.39, 0.29) is 21.7 Å². The molecule has 8 heteroatoms. The fourth-order valence-corrected chi connectivity index (χ4v) is 23.9. The summed E-state index contributed by atoms with van der Waals surface area (Å²) in [6.07, 6.45) is 0. The van der Waals surface area contributed by atoms with Crippen molar-refractivity contribution in [1.29, 1.82) is 15.8 Å². The maximum Gasteiger partial charge on any atom is 0.220 e. The lowest BCUT2D eigenvalue weighted by Crippen LogP contribution is -2.15. The van der Waals surface area contributed by atoms with E-state index >= 15 is 0 Å². The molecule has 0 unspecified atom stereocenters. The number of rotatable bonds is 8. The van der Waals surface area contributed by atoms with E-state index in [9.17, 15) is 22.4 Å². The van der Waals surface area contributed by atoms with Gasteiger partial charge < -0.3 is 18.3 Å². The van der Waals surface area contributed by atoms with Crippen molar-refractivity contribution in [3.05, 3.63) is 437 Å². The van der Waals surface area contributed by atoms with Crippen molar-refractivity contribution in [1.82, 2.24) is 18.3 Å². The number of hydrogen-bond donors (Lipinski definition) is 0. The van der Waals surface area contributed by atoms with Crippen LogP contribution in [-0.4, -0.2) is 18.3 Å². The van der Waals surface area contributed by atoms with Crippen LogP contribution < -0.4 is 0 Å². The molecule has 22 aromatic rings. The predicted octanol–water partition coefficient (Wildman–Crippen LogP) is 31.8. The van der Waals surface area contributed by atoms with Crippen molar-refractivity contribution in [3.63, 3.8) is 0 Å². The molecule has 0 saturated carbocycles. The molecule has 620 valence electrons. The van der Waals surface area contributed by atoms with Crippen LogP contribution in [0.1, 0.15) is 117 Å². The summed E-state index contributed by atoms with van der Waals surface area (Å²) < 4.78 is 9.28. The van der Waals surface area contributed by atoms with E-state index in [4.69, 9.17) is 0 Å². The Morgan fingerprint density at radius 1 is 0.212 bits per heavy atom. The normalized spacial score (nSPS) is 14.0. The topological polar surface area (TPSA) is 95.5 Å². The Morgan fingerprint density at radius 3 is 0.705 bits per heavy atom. The SMILES string of the molecule is CC1(C)c2ccccc2-c2cc3c4ccccc4n(-c4c(C#N)c(-c5ccccc5)c(-n5c6ccccc6c6cc7c(cc65)C(C)(C)c5ccccc5-7)c(C#N)c4-c4ccccc4)c3cc21.[C-]#[N+]c1c(-c2ccccc2)c(C#N)c(-n2c3ccccc3c3cc4c(cc32)C(C)(C)c2ccccc2-4)c(-c2ccccc2)c1-n1c2ccccc2c2cc3c(cc21)C(C)(C)c1ccccc1-3. The zero-order chi connectivity index (χ0) is 89.3. The summed E-state index contributed by atoms with van der Waals surface area (Å²) in [6, 6.07) is 138. The van der Waals surface area contributed by atoms with E-state index in [1.165, 1.54) is 89.0 Å². The second kappa shape index (κ2) is 28.3. The molecule has 0 radical (unpaired) electrons. The van der Waals surface area contributed by atoms with Crippen LogP contribution in [0.25, 0.3) is 204 Å². The Labute approximate surface area is 765 Å². The lowest BCUT2D eigenvalue weighted by Gasteiger charge is -2.26. The van der Waals surface area contributed by atoms with Crippen LogP contribution in [0.4, 0.5) is 5.69 Å². The lowest BCUT2D eigenvalue weighted by atomic mass is 9.82. The minimum atomic E-state index is -0.259. The Morgan fingerprint density at radius 2 is 0.432 bits per heavy atom. The van der Waals surface area contributed by atoms with Crippen LogP contribution in [0.3, 0.4) is 0 Å². The first-order valence-corrected chi connectivity index (χ1v) is 45.4. The summed E-state index contributed by atoms with van der Waals surface area (Å²) in [6.45, 7) is 27.8. The van der Waals surface area contributed by atoms with Gasteiger partial charge in [0, 0.05) is 87.0 Å². The summed E-state index contributed by atoms with van der Waals surface area (Å²) in [5, 5.41) is 44.9. The van der Waals surface area contributed by atoms with Gasteiger partial charge in [0.15, 0.2) is 0 Å². The van der Waals surface area contributed by atoms with Crippen molar-refractivity contribution in [3.8, 4) is 130 Å². The zero-order valence-electron chi connectivity index (χ0n) is 74.2. The molecule has 0 atom stereocenters. The van der Waals surface area contributed by atoms with Gasteiger partial charge in [0.1, 0.15) is 18.2 Å². The number of nitriles is 3. The minimum absolute atomic E-state index is 0.256. The van der Waals surface area contributed by atoms with Gasteiger partial charge in [-0.25, -0.2) is 4.85 Å².